The Labute approximate surface area is 171 Å². The SMILES string of the molecule is CCN1CC(=O)N2[C@@H](c3ccc(Br)cc3)c3[nH]c4ccccc4c3C[C@@H]2C1=O. The molecule has 1 saturated heterocycles. The lowest BCUT2D eigenvalue weighted by atomic mass is 9.86. The minimum absolute atomic E-state index is 0.00340. The molecule has 1 fully saturated rings. The summed E-state index contributed by atoms with van der Waals surface area (Å²) in [6.45, 7) is 2.63. The van der Waals surface area contributed by atoms with Crippen LogP contribution in [0.4, 0.5) is 0 Å². The molecular formula is C22H20BrN3O2. The Balaban J connectivity index is 1.74. The summed E-state index contributed by atoms with van der Waals surface area (Å²) in [5.74, 6) is 0.0452. The van der Waals surface area contributed by atoms with Gasteiger partial charge in [-0.05, 0) is 36.2 Å². The van der Waals surface area contributed by atoms with Crippen LogP contribution >= 0.6 is 15.9 Å². The van der Waals surface area contributed by atoms with Crippen molar-refractivity contribution in [3.05, 3.63) is 69.8 Å². The number of nitrogens with one attached hydrogen (secondary N) is 1. The number of hydrogen-bond donors (Lipinski definition) is 1. The number of carbonyl (C=O) groups excluding carboxylic acids is 2. The summed E-state index contributed by atoms with van der Waals surface area (Å²) in [4.78, 5) is 33.3. The average molecular weight is 438 g/mol. The summed E-state index contributed by atoms with van der Waals surface area (Å²) in [7, 11) is 0. The van der Waals surface area contributed by atoms with Gasteiger partial charge in [0.1, 0.15) is 6.04 Å². The predicted octanol–water partition coefficient (Wildman–Crippen LogP) is 3.64. The fourth-order valence-electron chi connectivity index (χ4n) is 4.58. The monoisotopic (exact) mass is 437 g/mol. The number of aromatic amines is 1. The maximum Gasteiger partial charge on any atom is 0.246 e. The fourth-order valence-corrected chi connectivity index (χ4v) is 4.85. The normalized spacial score (nSPS) is 21.8. The smallest absolute Gasteiger partial charge is 0.246 e. The van der Waals surface area contributed by atoms with Crippen LogP contribution in [0.15, 0.2) is 53.0 Å². The van der Waals surface area contributed by atoms with Crippen LogP contribution in [0.2, 0.25) is 0 Å². The summed E-state index contributed by atoms with van der Waals surface area (Å²) in [6.07, 6.45) is 0.549. The molecule has 3 aromatic rings. The first-order chi connectivity index (χ1) is 13.6. The van der Waals surface area contributed by atoms with Crippen molar-refractivity contribution in [3.63, 3.8) is 0 Å². The molecule has 6 heteroatoms. The quantitative estimate of drug-likeness (QED) is 0.665. The number of benzene rings is 2. The second-order valence-corrected chi connectivity index (χ2v) is 8.31. The van der Waals surface area contributed by atoms with Crippen molar-refractivity contribution in [1.29, 1.82) is 0 Å². The van der Waals surface area contributed by atoms with E-state index in [0.29, 0.717) is 13.0 Å². The second kappa shape index (κ2) is 6.48. The Morgan fingerprint density at radius 3 is 2.61 bits per heavy atom. The lowest BCUT2D eigenvalue weighted by Gasteiger charge is -2.47. The van der Waals surface area contributed by atoms with Crippen LogP contribution in [-0.2, 0) is 16.0 Å². The molecule has 28 heavy (non-hydrogen) atoms. The summed E-state index contributed by atoms with van der Waals surface area (Å²) in [5, 5.41) is 1.13. The van der Waals surface area contributed by atoms with E-state index in [1.54, 1.807) is 9.80 Å². The van der Waals surface area contributed by atoms with Crippen LogP contribution in [0, 0.1) is 0 Å². The molecule has 1 aromatic heterocycles. The van der Waals surface area contributed by atoms with Crippen LogP contribution < -0.4 is 0 Å². The molecule has 0 aliphatic carbocycles. The van der Waals surface area contributed by atoms with Gasteiger partial charge in [0.25, 0.3) is 0 Å². The number of amides is 2. The average Bonchev–Trinajstić information content (AvgIpc) is 3.08. The Bertz CT molecular complexity index is 1090. The maximum absolute atomic E-state index is 13.1. The Hall–Kier alpha value is -2.60. The highest BCUT2D eigenvalue weighted by Gasteiger charge is 2.47. The van der Waals surface area contributed by atoms with E-state index in [2.05, 4.69) is 27.0 Å². The first-order valence-electron chi connectivity index (χ1n) is 9.53. The molecule has 0 radical (unpaired) electrons. The number of para-hydroxylation sites is 1. The topological polar surface area (TPSA) is 56.4 Å². The second-order valence-electron chi connectivity index (χ2n) is 7.39. The van der Waals surface area contributed by atoms with E-state index in [0.717, 1.165) is 32.2 Å². The zero-order valence-electron chi connectivity index (χ0n) is 15.5. The third-order valence-corrected chi connectivity index (χ3v) is 6.44. The summed E-state index contributed by atoms with van der Waals surface area (Å²) < 4.78 is 0.985. The van der Waals surface area contributed by atoms with Gasteiger partial charge in [0, 0.05) is 34.0 Å². The number of H-pyrrole nitrogens is 1. The van der Waals surface area contributed by atoms with Crippen LogP contribution in [0.1, 0.15) is 29.8 Å². The van der Waals surface area contributed by atoms with Gasteiger partial charge in [0.15, 0.2) is 0 Å². The first-order valence-corrected chi connectivity index (χ1v) is 10.3. The molecular weight excluding hydrogens is 418 g/mol. The van der Waals surface area contributed by atoms with E-state index < -0.39 is 6.04 Å². The van der Waals surface area contributed by atoms with E-state index in [9.17, 15) is 9.59 Å². The van der Waals surface area contributed by atoms with Crippen molar-refractivity contribution in [2.75, 3.05) is 13.1 Å². The van der Waals surface area contributed by atoms with Crippen molar-refractivity contribution in [1.82, 2.24) is 14.8 Å². The number of hydrogen-bond acceptors (Lipinski definition) is 2. The number of aromatic nitrogens is 1. The molecule has 142 valence electrons. The summed E-state index contributed by atoms with van der Waals surface area (Å²) >= 11 is 3.49. The van der Waals surface area contributed by atoms with Crippen molar-refractivity contribution in [2.24, 2.45) is 0 Å². The van der Waals surface area contributed by atoms with Gasteiger partial charge in [-0.25, -0.2) is 0 Å². The zero-order valence-corrected chi connectivity index (χ0v) is 17.1. The first kappa shape index (κ1) is 17.5. The Morgan fingerprint density at radius 1 is 1.11 bits per heavy atom. The van der Waals surface area contributed by atoms with Crippen LogP contribution in [0.5, 0.6) is 0 Å². The Morgan fingerprint density at radius 2 is 1.86 bits per heavy atom. The lowest BCUT2D eigenvalue weighted by molar-refractivity contribution is -0.158. The zero-order chi connectivity index (χ0) is 19.4. The highest BCUT2D eigenvalue weighted by atomic mass is 79.9. The number of nitrogens with zero attached hydrogens (tertiary/aromatic N) is 2. The molecule has 0 spiro atoms. The van der Waals surface area contributed by atoms with Crippen molar-refractivity contribution < 1.29 is 9.59 Å². The number of carbonyl (C=O) groups is 2. The molecule has 5 rings (SSSR count). The molecule has 2 aliphatic heterocycles. The van der Waals surface area contributed by atoms with Crippen LogP contribution in [0.3, 0.4) is 0 Å². The van der Waals surface area contributed by atoms with Crippen molar-refractivity contribution >= 4 is 38.6 Å². The highest BCUT2D eigenvalue weighted by Crippen LogP contribution is 2.42. The lowest BCUT2D eigenvalue weighted by Crippen LogP contribution is -2.62. The number of halogens is 1. The number of rotatable bonds is 2. The van der Waals surface area contributed by atoms with E-state index in [1.807, 2.05) is 49.4 Å². The summed E-state index contributed by atoms with van der Waals surface area (Å²) in [6, 6.07) is 15.4. The van der Waals surface area contributed by atoms with Crippen molar-refractivity contribution in [2.45, 2.75) is 25.4 Å². The van der Waals surface area contributed by atoms with E-state index in [-0.39, 0.29) is 24.4 Å². The van der Waals surface area contributed by atoms with Gasteiger partial charge < -0.3 is 14.8 Å². The molecule has 2 aromatic carbocycles. The maximum atomic E-state index is 13.1. The van der Waals surface area contributed by atoms with Gasteiger partial charge in [-0.15, -0.1) is 0 Å². The molecule has 2 amide bonds. The fraction of sp³-hybridized carbons (Fsp3) is 0.273. The van der Waals surface area contributed by atoms with E-state index in [4.69, 9.17) is 0 Å². The van der Waals surface area contributed by atoms with E-state index >= 15 is 0 Å². The van der Waals surface area contributed by atoms with Gasteiger partial charge in [0.05, 0.1) is 12.6 Å². The van der Waals surface area contributed by atoms with Gasteiger partial charge in [-0.1, -0.05) is 46.3 Å². The largest absolute Gasteiger partial charge is 0.356 e. The molecule has 5 nitrogen and oxygen atoms in total. The highest BCUT2D eigenvalue weighted by molar-refractivity contribution is 9.10. The van der Waals surface area contributed by atoms with E-state index in [1.165, 1.54) is 0 Å². The third kappa shape index (κ3) is 2.51. The van der Waals surface area contributed by atoms with Crippen LogP contribution in [-0.4, -0.2) is 45.7 Å². The van der Waals surface area contributed by atoms with Gasteiger partial charge in [0.2, 0.25) is 11.8 Å². The number of piperazine rings is 1. The molecule has 0 saturated carbocycles. The molecule has 0 unspecified atom stereocenters. The minimum Gasteiger partial charge on any atom is -0.356 e. The van der Waals surface area contributed by atoms with Crippen molar-refractivity contribution in [3.8, 4) is 0 Å². The third-order valence-electron chi connectivity index (χ3n) is 5.91. The minimum atomic E-state index is -0.457. The Kier molecular flexibility index (Phi) is 4.05. The number of likely N-dealkylation sites (N-methyl/N-ethyl adjacent to an activating group) is 1. The van der Waals surface area contributed by atoms with Gasteiger partial charge >= 0.3 is 0 Å². The van der Waals surface area contributed by atoms with Gasteiger partial charge in [-0.3, -0.25) is 9.59 Å². The predicted molar refractivity (Wildman–Crippen MR) is 111 cm³/mol. The molecule has 2 atom stereocenters. The number of fused-ring (bicyclic) bond motifs is 4. The molecule has 3 heterocycles. The van der Waals surface area contributed by atoms with Gasteiger partial charge in [-0.2, -0.15) is 0 Å². The molecule has 1 N–H and O–H groups in total. The standard InChI is InChI=1S/C22H20BrN3O2/c1-2-25-12-19(27)26-18(22(25)28)11-16-15-5-3-4-6-17(15)24-20(16)21(26)13-7-9-14(23)10-8-13/h3-10,18,21,24H,2,11-12H2,1H3/t18-,21+/m1/s1. The molecule has 2 aliphatic rings. The summed E-state index contributed by atoms with van der Waals surface area (Å²) in [5.41, 5.74) is 4.21. The molecule has 0 bridgehead atoms. The van der Waals surface area contributed by atoms with Crippen LogP contribution in [0.25, 0.3) is 10.9 Å².